The van der Waals surface area contributed by atoms with E-state index in [-0.39, 0.29) is 5.88 Å². The maximum atomic E-state index is 5.86. The standard InChI is InChI=1S/C11H10BrClN4O2/c1-18-9-10(17-14)15-5-16-11(9)19-8-3-2-6(13)4-7(8)12/h2-5H,14H2,1H3,(H,15,16,17). The highest BCUT2D eigenvalue weighted by Gasteiger charge is 2.14. The van der Waals surface area contributed by atoms with Crippen molar-refractivity contribution in [2.24, 2.45) is 5.84 Å². The minimum atomic E-state index is 0.244. The van der Waals surface area contributed by atoms with Crippen molar-refractivity contribution in [2.75, 3.05) is 12.5 Å². The molecule has 0 saturated heterocycles. The van der Waals surface area contributed by atoms with Crippen molar-refractivity contribution < 1.29 is 9.47 Å². The number of aromatic nitrogens is 2. The number of hydrazine groups is 1. The van der Waals surface area contributed by atoms with Gasteiger partial charge in [-0.15, -0.1) is 0 Å². The number of nitrogens with two attached hydrogens (primary N) is 1. The van der Waals surface area contributed by atoms with Gasteiger partial charge in [0.1, 0.15) is 12.1 Å². The summed E-state index contributed by atoms with van der Waals surface area (Å²) in [5.74, 6) is 6.77. The molecule has 0 bridgehead atoms. The summed E-state index contributed by atoms with van der Waals surface area (Å²) in [5, 5.41) is 0.596. The zero-order valence-corrected chi connectivity index (χ0v) is 12.2. The number of nitrogens with one attached hydrogen (secondary N) is 1. The van der Waals surface area contributed by atoms with Crippen LogP contribution < -0.4 is 20.7 Å². The maximum Gasteiger partial charge on any atom is 0.268 e. The number of hydrogen-bond acceptors (Lipinski definition) is 6. The van der Waals surface area contributed by atoms with Crippen LogP contribution in [-0.2, 0) is 0 Å². The molecule has 0 atom stereocenters. The first kappa shape index (κ1) is 13.9. The van der Waals surface area contributed by atoms with E-state index in [1.54, 1.807) is 18.2 Å². The van der Waals surface area contributed by atoms with E-state index in [1.165, 1.54) is 13.4 Å². The van der Waals surface area contributed by atoms with Gasteiger partial charge in [-0.2, -0.15) is 4.98 Å². The molecule has 0 aliphatic carbocycles. The average Bonchev–Trinajstić information content (AvgIpc) is 2.41. The van der Waals surface area contributed by atoms with Crippen LogP contribution in [-0.4, -0.2) is 17.1 Å². The van der Waals surface area contributed by atoms with E-state index in [0.717, 1.165) is 0 Å². The highest BCUT2D eigenvalue weighted by Crippen LogP contribution is 2.37. The molecule has 1 aromatic heterocycles. The Bertz CT molecular complexity index is 597. The molecule has 0 unspecified atom stereocenters. The molecule has 2 rings (SSSR count). The van der Waals surface area contributed by atoms with Crippen LogP contribution in [0.3, 0.4) is 0 Å². The quantitative estimate of drug-likeness (QED) is 0.655. The van der Waals surface area contributed by atoms with Crippen molar-refractivity contribution in [3.63, 3.8) is 0 Å². The van der Waals surface area contributed by atoms with Crippen molar-refractivity contribution in [3.8, 4) is 17.4 Å². The number of halogens is 2. The first-order valence-electron chi connectivity index (χ1n) is 5.14. The van der Waals surface area contributed by atoms with Gasteiger partial charge in [-0.3, -0.25) is 0 Å². The van der Waals surface area contributed by atoms with Crippen molar-refractivity contribution in [2.45, 2.75) is 0 Å². The van der Waals surface area contributed by atoms with Crippen LogP contribution in [0.5, 0.6) is 17.4 Å². The maximum absolute atomic E-state index is 5.86. The summed E-state index contributed by atoms with van der Waals surface area (Å²) < 4.78 is 11.5. The normalized spacial score (nSPS) is 10.1. The zero-order chi connectivity index (χ0) is 13.8. The van der Waals surface area contributed by atoms with Crippen LogP contribution in [0.4, 0.5) is 5.82 Å². The molecule has 2 aromatic rings. The largest absolute Gasteiger partial charge is 0.489 e. The molecule has 0 aliphatic rings. The lowest BCUT2D eigenvalue weighted by molar-refractivity contribution is 0.368. The summed E-state index contributed by atoms with van der Waals surface area (Å²) in [7, 11) is 1.48. The molecule has 0 spiro atoms. The molecular weight excluding hydrogens is 336 g/mol. The molecule has 3 N–H and O–H groups in total. The van der Waals surface area contributed by atoms with Gasteiger partial charge in [-0.05, 0) is 34.1 Å². The number of hydrogen-bond donors (Lipinski definition) is 2. The molecule has 1 heterocycles. The summed E-state index contributed by atoms with van der Waals surface area (Å²) in [6.45, 7) is 0. The van der Waals surface area contributed by atoms with E-state index < -0.39 is 0 Å². The number of rotatable bonds is 4. The Morgan fingerprint density at radius 2 is 2.16 bits per heavy atom. The highest BCUT2D eigenvalue weighted by molar-refractivity contribution is 9.10. The predicted molar refractivity (Wildman–Crippen MR) is 75.6 cm³/mol. The second kappa shape index (κ2) is 6.05. The van der Waals surface area contributed by atoms with E-state index in [4.69, 9.17) is 26.9 Å². The topological polar surface area (TPSA) is 82.3 Å². The van der Waals surface area contributed by atoms with E-state index in [0.29, 0.717) is 26.8 Å². The van der Waals surface area contributed by atoms with E-state index in [9.17, 15) is 0 Å². The average molecular weight is 346 g/mol. The van der Waals surface area contributed by atoms with Gasteiger partial charge in [-0.1, -0.05) is 11.6 Å². The van der Waals surface area contributed by atoms with Gasteiger partial charge in [0.15, 0.2) is 5.82 Å². The second-order valence-corrected chi connectivity index (χ2v) is 4.67. The Morgan fingerprint density at radius 1 is 1.37 bits per heavy atom. The predicted octanol–water partition coefficient (Wildman–Crippen LogP) is 2.98. The van der Waals surface area contributed by atoms with Gasteiger partial charge in [0.25, 0.3) is 5.88 Å². The number of nitrogens with zero attached hydrogens (tertiary/aromatic N) is 2. The van der Waals surface area contributed by atoms with Crippen molar-refractivity contribution in [1.82, 2.24) is 9.97 Å². The van der Waals surface area contributed by atoms with E-state index in [1.807, 2.05) is 0 Å². The number of methoxy groups -OCH3 is 1. The van der Waals surface area contributed by atoms with Gasteiger partial charge >= 0.3 is 0 Å². The van der Waals surface area contributed by atoms with Crippen molar-refractivity contribution in [1.29, 1.82) is 0 Å². The Morgan fingerprint density at radius 3 is 2.79 bits per heavy atom. The molecule has 0 radical (unpaired) electrons. The third-order valence-corrected chi connectivity index (χ3v) is 3.07. The van der Waals surface area contributed by atoms with Crippen LogP contribution in [0, 0.1) is 0 Å². The van der Waals surface area contributed by atoms with Crippen LogP contribution in [0.25, 0.3) is 0 Å². The summed E-state index contributed by atoms with van der Waals surface area (Å²) in [4.78, 5) is 7.93. The minimum absolute atomic E-state index is 0.244. The number of anilines is 1. The molecule has 0 aliphatic heterocycles. The van der Waals surface area contributed by atoms with Gasteiger partial charge < -0.3 is 14.9 Å². The number of ether oxygens (including phenoxy) is 2. The van der Waals surface area contributed by atoms with Crippen molar-refractivity contribution >= 4 is 33.3 Å². The lowest BCUT2D eigenvalue weighted by Gasteiger charge is -2.12. The molecule has 1 aromatic carbocycles. The first-order valence-corrected chi connectivity index (χ1v) is 6.31. The lowest BCUT2D eigenvalue weighted by Crippen LogP contribution is -2.11. The number of nitrogen functional groups attached to an aromatic ring is 1. The second-order valence-electron chi connectivity index (χ2n) is 3.38. The monoisotopic (exact) mass is 344 g/mol. The number of benzene rings is 1. The SMILES string of the molecule is COc1c(NN)ncnc1Oc1ccc(Cl)cc1Br. The molecule has 0 fully saturated rings. The third kappa shape index (κ3) is 3.06. The van der Waals surface area contributed by atoms with Crippen LogP contribution >= 0.6 is 27.5 Å². The van der Waals surface area contributed by atoms with Crippen LogP contribution in [0.15, 0.2) is 29.0 Å². The molecule has 19 heavy (non-hydrogen) atoms. The molecule has 8 heteroatoms. The zero-order valence-electron chi connectivity index (χ0n) is 9.85. The van der Waals surface area contributed by atoms with E-state index in [2.05, 4.69) is 31.3 Å². The fourth-order valence-electron chi connectivity index (χ4n) is 1.38. The Balaban J connectivity index is 2.37. The Kier molecular flexibility index (Phi) is 4.41. The summed E-state index contributed by atoms with van der Waals surface area (Å²) in [6, 6.07) is 5.13. The third-order valence-electron chi connectivity index (χ3n) is 2.21. The fraction of sp³-hybridized carbons (Fsp3) is 0.0909. The van der Waals surface area contributed by atoms with Crippen LogP contribution in [0.1, 0.15) is 0 Å². The summed E-state index contributed by atoms with van der Waals surface area (Å²) in [5.41, 5.74) is 2.41. The Hall–Kier alpha value is -1.57. The molecule has 0 amide bonds. The van der Waals surface area contributed by atoms with Gasteiger partial charge in [0, 0.05) is 5.02 Å². The molecule has 0 saturated carbocycles. The smallest absolute Gasteiger partial charge is 0.268 e. The van der Waals surface area contributed by atoms with E-state index >= 15 is 0 Å². The molecule has 6 nitrogen and oxygen atoms in total. The lowest BCUT2D eigenvalue weighted by atomic mass is 10.3. The van der Waals surface area contributed by atoms with Gasteiger partial charge in [0.05, 0.1) is 11.6 Å². The summed E-state index contributed by atoms with van der Waals surface area (Å²) in [6.07, 6.45) is 1.32. The Labute approximate surface area is 123 Å². The fourth-order valence-corrected chi connectivity index (χ4v) is 2.14. The van der Waals surface area contributed by atoms with Gasteiger partial charge in [0.2, 0.25) is 5.75 Å². The van der Waals surface area contributed by atoms with Crippen molar-refractivity contribution in [3.05, 3.63) is 34.0 Å². The molecular formula is C11H10BrClN4O2. The minimum Gasteiger partial charge on any atom is -0.489 e. The summed E-state index contributed by atoms with van der Waals surface area (Å²) >= 11 is 9.22. The highest BCUT2D eigenvalue weighted by atomic mass is 79.9. The van der Waals surface area contributed by atoms with Crippen LogP contribution in [0.2, 0.25) is 5.02 Å². The first-order chi connectivity index (χ1) is 9.15. The molecule has 100 valence electrons. The van der Waals surface area contributed by atoms with Gasteiger partial charge in [-0.25, -0.2) is 10.8 Å².